The molecule has 28 heavy (non-hydrogen) atoms. The molecule has 0 saturated heterocycles. The Morgan fingerprint density at radius 1 is 1.11 bits per heavy atom. The molecule has 2 heterocycles. The topological polar surface area (TPSA) is 118 Å². The summed E-state index contributed by atoms with van der Waals surface area (Å²) in [5.74, 6) is -2.35. The molecule has 0 atom stereocenters. The average Bonchev–Trinajstić information content (AvgIpc) is 3.16. The van der Waals surface area contributed by atoms with Crippen LogP contribution in [-0.2, 0) is 24.5 Å². The van der Waals surface area contributed by atoms with Crippen molar-refractivity contribution in [1.82, 2.24) is 15.0 Å². The van der Waals surface area contributed by atoms with Crippen LogP contribution in [0.25, 0.3) is 0 Å². The molecule has 0 aromatic carbocycles. The molecule has 11 heteroatoms. The summed E-state index contributed by atoms with van der Waals surface area (Å²) in [4.78, 5) is 51.0. The standard InChI is InChI=1S/C17H19N3O6S2/c1-9-18-10(8-28-9)11(21)7-17(14(22)25-3,15(23)26-4)12-6-13(24-2)20-16(19-12)27-5/h6,8H,7H2,1-5H3. The number of methoxy groups -OCH3 is 3. The van der Waals surface area contributed by atoms with E-state index in [1.54, 1.807) is 18.6 Å². The lowest BCUT2D eigenvalue weighted by atomic mass is 9.78. The van der Waals surface area contributed by atoms with Gasteiger partial charge in [-0.25, -0.2) is 9.97 Å². The molecule has 0 spiro atoms. The Kier molecular flexibility index (Phi) is 7.08. The van der Waals surface area contributed by atoms with E-state index in [4.69, 9.17) is 14.2 Å². The molecular weight excluding hydrogens is 406 g/mol. The molecule has 2 aromatic rings. The lowest BCUT2D eigenvalue weighted by Crippen LogP contribution is -2.48. The number of ether oxygens (including phenoxy) is 3. The molecule has 0 amide bonds. The number of thioether (sulfide) groups is 1. The van der Waals surface area contributed by atoms with Crippen LogP contribution >= 0.6 is 23.1 Å². The number of ketones is 1. The van der Waals surface area contributed by atoms with E-state index in [0.717, 1.165) is 14.2 Å². The monoisotopic (exact) mass is 425 g/mol. The predicted molar refractivity (Wildman–Crippen MR) is 102 cm³/mol. The third kappa shape index (κ3) is 4.14. The normalized spacial score (nSPS) is 11.0. The van der Waals surface area contributed by atoms with Gasteiger partial charge in [-0.1, -0.05) is 11.8 Å². The maximum Gasteiger partial charge on any atom is 0.329 e. The van der Waals surface area contributed by atoms with E-state index in [1.807, 2.05) is 0 Å². The molecule has 0 aliphatic heterocycles. The number of aromatic nitrogens is 3. The Morgan fingerprint density at radius 2 is 1.75 bits per heavy atom. The lowest BCUT2D eigenvalue weighted by molar-refractivity contribution is -0.162. The molecule has 0 aliphatic carbocycles. The molecule has 2 rings (SSSR count). The maximum atomic E-state index is 12.8. The van der Waals surface area contributed by atoms with Crippen molar-refractivity contribution < 1.29 is 28.6 Å². The number of aryl methyl sites for hydroxylation is 1. The first-order valence-corrected chi connectivity index (χ1v) is 10.0. The summed E-state index contributed by atoms with van der Waals surface area (Å²) in [6, 6.07) is 1.31. The first-order valence-electron chi connectivity index (χ1n) is 7.92. The number of thiazole rings is 1. The molecule has 150 valence electrons. The van der Waals surface area contributed by atoms with Gasteiger partial charge in [0, 0.05) is 17.9 Å². The number of esters is 2. The van der Waals surface area contributed by atoms with E-state index in [2.05, 4.69) is 15.0 Å². The van der Waals surface area contributed by atoms with Gasteiger partial charge in [-0.2, -0.15) is 4.98 Å². The summed E-state index contributed by atoms with van der Waals surface area (Å²) in [5.41, 5.74) is -2.03. The maximum absolute atomic E-state index is 12.8. The van der Waals surface area contributed by atoms with E-state index < -0.39 is 29.6 Å². The summed E-state index contributed by atoms with van der Waals surface area (Å²) in [5, 5.41) is 2.49. The summed E-state index contributed by atoms with van der Waals surface area (Å²) < 4.78 is 14.9. The highest BCUT2D eigenvalue weighted by molar-refractivity contribution is 7.98. The van der Waals surface area contributed by atoms with Gasteiger partial charge in [0.25, 0.3) is 0 Å². The Hall–Kier alpha value is -2.53. The van der Waals surface area contributed by atoms with Crippen molar-refractivity contribution in [2.45, 2.75) is 23.9 Å². The number of hydrogen-bond acceptors (Lipinski definition) is 11. The van der Waals surface area contributed by atoms with Gasteiger partial charge >= 0.3 is 11.9 Å². The third-order valence-electron chi connectivity index (χ3n) is 3.91. The van der Waals surface area contributed by atoms with Gasteiger partial charge in [0.15, 0.2) is 10.9 Å². The predicted octanol–water partition coefficient (Wildman–Crippen LogP) is 1.83. The molecule has 0 aliphatic rings. The highest BCUT2D eigenvalue weighted by Gasteiger charge is 2.54. The fourth-order valence-corrected chi connectivity index (χ4v) is 3.51. The molecule has 9 nitrogen and oxygen atoms in total. The van der Waals surface area contributed by atoms with Crippen molar-refractivity contribution in [3.63, 3.8) is 0 Å². The molecule has 0 bridgehead atoms. The largest absolute Gasteiger partial charge is 0.481 e. The number of nitrogens with zero attached hydrogens (tertiary/aromatic N) is 3. The minimum atomic E-state index is -2.13. The zero-order valence-corrected chi connectivity index (χ0v) is 17.6. The first-order chi connectivity index (χ1) is 13.3. The third-order valence-corrected chi connectivity index (χ3v) is 5.23. The van der Waals surface area contributed by atoms with Crippen molar-refractivity contribution in [3.8, 4) is 5.88 Å². The second kappa shape index (κ2) is 9.11. The minimum Gasteiger partial charge on any atom is -0.481 e. The molecule has 0 N–H and O–H groups in total. The van der Waals surface area contributed by atoms with Crippen LogP contribution in [0.1, 0.15) is 27.6 Å². The number of carbonyl (C=O) groups is 3. The zero-order chi connectivity index (χ0) is 20.9. The SMILES string of the molecule is COC(=O)C(CC(=O)c1csc(C)n1)(C(=O)OC)c1cc(OC)nc(SC)n1. The van der Waals surface area contributed by atoms with E-state index in [0.29, 0.717) is 5.01 Å². The lowest BCUT2D eigenvalue weighted by Gasteiger charge is -2.27. The van der Waals surface area contributed by atoms with Crippen molar-refractivity contribution in [1.29, 1.82) is 0 Å². The molecule has 0 saturated carbocycles. The van der Waals surface area contributed by atoms with Gasteiger partial charge in [-0.3, -0.25) is 14.4 Å². The summed E-state index contributed by atoms with van der Waals surface area (Å²) in [6.45, 7) is 1.75. The van der Waals surface area contributed by atoms with Crippen molar-refractivity contribution in [3.05, 3.63) is 27.8 Å². The van der Waals surface area contributed by atoms with Crippen LogP contribution < -0.4 is 4.74 Å². The molecule has 0 radical (unpaired) electrons. The van der Waals surface area contributed by atoms with Gasteiger partial charge in [-0.15, -0.1) is 11.3 Å². The van der Waals surface area contributed by atoms with E-state index in [9.17, 15) is 14.4 Å². The second-order valence-electron chi connectivity index (χ2n) is 5.52. The second-order valence-corrected chi connectivity index (χ2v) is 7.36. The zero-order valence-electron chi connectivity index (χ0n) is 16.0. The van der Waals surface area contributed by atoms with Gasteiger partial charge < -0.3 is 14.2 Å². The fourth-order valence-electron chi connectivity index (χ4n) is 2.52. The molecule has 0 unspecified atom stereocenters. The minimum absolute atomic E-state index is 0.0531. The first kappa shape index (κ1) is 21.8. The van der Waals surface area contributed by atoms with Crippen molar-refractivity contribution >= 4 is 40.8 Å². The van der Waals surface area contributed by atoms with Gasteiger partial charge in [0.1, 0.15) is 5.69 Å². The van der Waals surface area contributed by atoms with Crippen LogP contribution in [0.4, 0.5) is 0 Å². The Labute approximate surface area is 169 Å². The number of Topliss-reactive ketones (excluding diaryl/α,β-unsaturated/α-hetero) is 1. The average molecular weight is 425 g/mol. The van der Waals surface area contributed by atoms with Crippen molar-refractivity contribution in [2.24, 2.45) is 0 Å². The highest BCUT2D eigenvalue weighted by atomic mass is 32.2. The summed E-state index contributed by atoms with van der Waals surface area (Å²) in [6.07, 6.45) is 1.16. The van der Waals surface area contributed by atoms with Crippen LogP contribution in [0, 0.1) is 6.92 Å². The summed E-state index contributed by atoms with van der Waals surface area (Å²) in [7, 11) is 3.62. The number of rotatable bonds is 8. The number of carbonyl (C=O) groups excluding carboxylic acids is 3. The Balaban J connectivity index is 2.69. The Bertz CT molecular complexity index is 861. The fraction of sp³-hybridized carbons (Fsp3) is 0.412. The van der Waals surface area contributed by atoms with Gasteiger partial charge in [-0.05, 0) is 13.2 Å². The van der Waals surface area contributed by atoms with Crippen molar-refractivity contribution in [2.75, 3.05) is 27.6 Å². The van der Waals surface area contributed by atoms with Crippen LogP contribution in [0.5, 0.6) is 5.88 Å². The Morgan fingerprint density at radius 3 is 2.21 bits per heavy atom. The van der Waals surface area contributed by atoms with Crippen LogP contribution in [0.3, 0.4) is 0 Å². The molecular formula is C17H19N3O6S2. The van der Waals surface area contributed by atoms with E-state index >= 15 is 0 Å². The van der Waals surface area contributed by atoms with E-state index in [-0.39, 0.29) is 22.4 Å². The highest BCUT2D eigenvalue weighted by Crippen LogP contribution is 2.34. The van der Waals surface area contributed by atoms with Crippen LogP contribution in [-0.4, -0.2) is 60.3 Å². The smallest absolute Gasteiger partial charge is 0.329 e. The van der Waals surface area contributed by atoms with Gasteiger partial charge in [0.2, 0.25) is 11.3 Å². The summed E-state index contributed by atoms with van der Waals surface area (Å²) >= 11 is 2.47. The van der Waals surface area contributed by atoms with Gasteiger partial charge in [0.05, 0.1) is 32.0 Å². The number of hydrogen-bond donors (Lipinski definition) is 0. The molecule has 0 fully saturated rings. The van der Waals surface area contributed by atoms with Crippen LogP contribution in [0.15, 0.2) is 16.6 Å². The van der Waals surface area contributed by atoms with Crippen LogP contribution in [0.2, 0.25) is 0 Å². The quantitative estimate of drug-likeness (QED) is 0.204. The molecule has 2 aromatic heterocycles. The van der Waals surface area contributed by atoms with E-state index in [1.165, 1.54) is 36.3 Å².